The minimum atomic E-state index is -0.0473. The lowest BCUT2D eigenvalue weighted by atomic mass is 10.3. The highest BCUT2D eigenvalue weighted by Crippen LogP contribution is 2.05. The van der Waals surface area contributed by atoms with Gasteiger partial charge in [-0.05, 0) is 31.4 Å². The van der Waals surface area contributed by atoms with Gasteiger partial charge in [0.05, 0.1) is 0 Å². The van der Waals surface area contributed by atoms with Crippen LogP contribution in [0.15, 0.2) is 18.3 Å². The summed E-state index contributed by atoms with van der Waals surface area (Å²) >= 11 is 0. The van der Waals surface area contributed by atoms with E-state index in [9.17, 15) is 9.59 Å². The van der Waals surface area contributed by atoms with Crippen molar-refractivity contribution in [2.75, 3.05) is 44.6 Å². The molecule has 0 spiro atoms. The van der Waals surface area contributed by atoms with Gasteiger partial charge in [0, 0.05) is 52.4 Å². The van der Waals surface area contributed by atoms with Gasteiger partial charge in [-0.15, -0.1) is 0 Å². The van der Waals surface area contributed by atoms with Crippen LogP contribution in [0.25, 0.3) is 0 Å². The van der Waals surface area contributed by atoms with Crippen LogP contribution >= 0.6 is 0 Å². The Balaban J connectivity index is 1.62. The standard InChI is InChI=1S/C17H27N5O2/c1-14-5-6-16(20-13-14)18-7-3-8-19-17(24)22-10-4-9-21(11-12-22)15(2)23/h5-6,13H,3-4,7-12H2,1-2H3,(H,18,20)(H,19,24). The van der Waals surface area contributed by atoms with Gasteiger partial charge in [0.25, 0.3) is 0 Å². The summed E-state index contributed by atoms with van der Waals surface area (Å²) in [6, 6.07) is 3.92. The molecular formula is C17H27N5O2. The molecular weight excluding hydrogens is 306 g/mol. The lowest BCUT2D eigenvalue weighted by Crippen LogP contribution is -2.42. The van der Waals surface area contributed by atoms with Crippen LogP contribution in [0.3, 0.4) is 0 Å². The Kier molecular flexibility index (Phi) is 6.84. The normalized spacial score (nSPS) is 14.9. The van der Waals surface area contributed by atoms with Crippen LogP contribution in [0.1, 0.15) is 25.3 Å². The number of aryl methyl sites for hydroxylation is 1. The quantitative estimate of drug-likeness (QED) is 0.800. The Morgan fingerprint density at radius 2 is 1.88 bits per heavy atom. The molecule has 7 nitrogen and oxygen atoms in total. The molecule has 0 aromatic carbocycles. The van der Waals surface area contributed by atoms with Crippen LogP contribution in [0.5, 0.6) is 0 Å². The average molecular weight is 333 g/mol. The van der Waals surface area contributed by atoms with Gasteiger partial charge in [0.1, 0.15) is 5.82 Å². The molecule has 132 valence electrons. The summed E-state index contributed by atoms with van der Waals surface area (Å²) in [5.41, 5.74) is 1.13. The molecule has 1 aliphatic heterocycles. The molecule has 2 heterocycles. The predicted molar refractivity (Wildman–Crippen MR) is 93.9 cm³/mol. The number of rotatable bonds is 5. The summed E-state index contributed by atoms with van der Waals surface area (Å²) in [6.45, 7) is 7.59. The minimum Gasteiger partial charge on any atom is -0.370 e. The second kappa shape index (κ2) is 9.10. The van der Waals surface area contributed by atoms with Crippen molar-refractivity contribution in [1.29, 1.82) is 0 Å². The smallest absolute Gasteiger partial charge is 0.317 e. The number of hydrogen-bond acceptors (Lipinski definition) is 4. The highest BCUT2D eigenvalue weighted by atomic mass is 16.2. The fourth-order valence-electron chi connectivity index (χ4n) is 2.62. The number of hydrogen-bond donors (Lipinski definition) is 2. The van der Waals surface area contributed by atoms with Gasteiger partial charge in [-0.1, -0.05) is 6.07 Å². The van der Waals surface area contributed by atoms with Gasteiger partial charge < -0.3 is 20.4 Å². The van der Waals surface area contributed by atoms with Gasteiger partial charge in [-0.2, -0.15) is 0 Å². The first-order valence-electron chi connectivity index (χ1n) is 8.51. The second-order valence-electron chi connectivity index (χ2n) is 6.08. The molecule has 1 aromatic heterocycles. The van der Waals surface area contributed by atoms with Gasteiger partial charge in [0.15, 0.2) is 0 Å². The Bertz CT molecular complexity index is 546. The highest BCUT2D eigenvalue weighted by Gasteiger charge is 2.19. The predicted octanol–water partition coefficient (Wildman–Crippen LogP) is 1.46. The fraction of sp³-hybridized carbons (Fsp3) is 0.588. The number of amides is 3. The third kappa shape index (κ3) is 5.72. The maximum Gasteiger partial charge on any atom is 0.317 e. The molecule has 1 saturated heterocycles. The number of aromatic nitrogens is 1. The van der Waals surface area contributed by atoms with Crippen molar-refractivity contribution in [2.24, 2.45) is 0 Å². The molecule has 1 aliphatic rings. The number of nitrogens with one attached hydrogen (secondary N) is 2. The van der Waals surface area contributed by atoms with Crippen LogP contribution < -0.4 is 10.6 Å². The molecule has 2 rings (SSSR count). The molecule has 0 bridgehead atoms. The SMILES string of the molecule is CC(=O)N1CCCN(C(=O)NCCCNc2ccc(C)cn2)CC1. The lowest BCUT2D eigenvalue weighted by molar-refractivity contribution is -0.128. The molecule has 0 aliphatic carbocycles. The molecule has 0 unspecified atom stereocenters. The lowest BCUT2D eigenvalue weighted by Gasteiger charge is -2.21. The highest BCUT2D eigenvalue weighted by molar-refractivity contribution is 5.75. The molecule has 0 saturated carbocycles. The Hall–Kier alpha value is -2.31. The number of carbonyl (C=O) groups is 2. The van der Waals surface area contributed by atoms with Crippen molar-refractivity contribution in [3.8, 4) is 0 Å². The Morgan fingerprint density at radius 1 is 1.12 bits per heavy atom. The Morgan fingerprint density at radius 3 is 2.58 bits per heavy atom. The van der Waals surface area contributed by atoms with Crippen molar-refractivity contribution >= 4 is 17.8 Å². The molecule has 0 atom stereocenters. The average Bonchev–Trinajstić information content (AvgIpc) is 2.82. The zero-order valence-electron chi connectivity index (χ0n) is 14.5. The van der Waals surface area contributed by atoms with Crippen LogP contribution in [0.4, 0.5) is 10.6 Å². The van der Waals surface area contributed by atoms with Gasteiger partial charge in [-0.25, -0.2) is 9.78 Å². The first kappa shape index (κ1) is 18.0. The summed E-state index contributed by atoms with van der Waals surface area (Å²) in [7, 11) is 0. The second-order valence-corrected chi connectivity index (χ2v) is 6.08. The van der Waals surface area contributed by atoms with Crippen molar-refractivity contribution in [2.45, 2.75) is 26.7 Å². The van der Waals surface area contributed by atoms with Gasteiger partial charge in [0.2, 0.25) is 5.91 Å². The van der Waals surface area contributed by atoms with E-state index in [0.717, 1.165) is 37.3 Å². The molecule has 3 amide bonds. The van der Waals surface area contributed by atoms with Gasteiger partial charge >= 0.3 is 6.03 Å². The molecule has 0 radical (unpaired) electrons. The van der Waals surface area contributed by atoms with Crippen LogP contribution in [0.2, 0.25) is 0 Å². The molecule has 1 fully saturated rings. The summed E-state index contributed by atoms with van der Waals surface area (Å²) in [6.07, 6.45) is 3.48. The van der Waals surface area contributed by atoms with Gasteiger partial charge in [-0.3, -0.25) is 4.79 Å². The summed E-state index contributed by atoms with van der Waals surface area (Å²) in [4.78, 5) is 31.4. The summed E-state index contributed by atoms with van der Waals surface area (Å²) < 4.78 is 0. The fourth-order valence-corrected chi connectivity index (χ4v) is 2.62. The molecule has 24 heavy (non-hydrogen) atoms. The van der Waals surface area contributed by atoms with E-state index in [4.69, 9.17) is 0 Å². The monoisotopic (exact) mass is 333 g/mol. The maximum atomic E-state index is 12.2. The minimum absolute atomic E-state index is 0.0473. The first-order chi connectivity index (χ1) is 11.6. The maximum absolute atomic E-state index is 12.2. The molecule has 2 N–H and O–H groups in total. The number of carbonyl (C=O) groups excluding carboxylic acids is 2. The first-order valence-corrected chi connectivity index (χ1v) is 8.51. The van der Waals surface area contributed by atoms with Crippen LogP contribution in [-0.2, 0) is 4.79 Å². The number of anilines is 1. The number of pyridine rings is 1. The van der Waals surface area contributed by atoms with E-state index in [2.05, 4.69) is 15.6 Å². The van der Waals surface area contributed by atoms with E-state index in [1.54, 1.807) is 16.7 Å². The Labute approximate surface area is 143 Å². The third-order valence-corrected chi connectivity index (χ3v) is 4.08. The van der Waals surface area contributed by atoms with E-state index in [1.807, 2.05) is 25.3 Å². The van der Waals surface area contributed by atoms with Crippen molar-refractivity contribution < 1.29 is 9.59 Å². The molecule has 7 heteroatoms. The largest absolute Gasteiger partial charge is 0.370 e. The topological polar surface area (TPSA) is 77.6 Å². The van der Waals surface area contributed by atoms with E-state index in [0.29, 0.717) is 26.2 Å². The van der Waals surface area contributed by atoms with Crippen molar-refractivity contribution in [1.82, 2.24) is 20.1 Å². The van der Waals surface area contributed by atoms with Crippen molar-refractivity contribution in [3.05, 3.63) is 23.9 Å². The zero-order valence-corrected chi connectivity index (χ0v) is 14.5. The van der Waals surface area contributed by atoms with Crippen molar-refractivity contribution in [3.63, 3.8) is 0 Å². The van der Waals surface area contributed by atoms with E-state index in [1.165, 1.54) is 0 Å². The van der Waals surface area contributed by atoms with E-state index >= 15 is 0 Å². The number of urea groups is 1. The zero-order chi connectivity index (χ0) is 17.4. The molecule has 1 aromatic rings. The van der Waals surface area contributed by atoms with E-state index in [-0.39, 0.29) is 11.9 Å². The number of nitrogens with zero attached hydrogens (tertiary/aromatic N) is 3. The van der Waals surface area contributed by atoms with Crippen LogP contribution in [0, 0.1) is 6.92 Å². The van der Waals surface area contributed by atoms with E-state index < -0.39 is 0 Å². The summed E-state index contributed by atoms with van der Waals surface area (Å²) in [5.74, 6) is 0.928. The summed E-state index contributed by atoms with van der Waals surface area (Å²) in [5, 5.41) is 6.18. The third-order valence-electron chi connectivity index (χ3n) is 4.08. The van der Waals surface area contributed by atoms with Crippen LogP contribution in [-0.4, -0.2) is 66.0 Å².